The van der Waals surface area contributed by atoms with Gasteiger partial charge in [-0.2, -0.15) is 0 Å². The number of nitrogens with two attached hydrogens (primary N) is 1. The van der Waals surface area contributed by atoms with Gasteiger partial charge >= 0.3 is 0 Å². The van der Waals surface area contributed by atoms with Crippen LogP contribution in [0.1, 0.15) is 38.5 Å². The van der Waals surface area contributed by atoms with Gasteiger partial charge in [0.2, 0.25) is 0 Å². The maximum absolute atomic E-state index is 5.94. The lowest BCUT2D eigenvalue weighted by molar-refractivity contribution is -0.00906. The second-order valence-corrected chi connectivity index (χ2v) is 5.37. The maximum atomic E-state index is 5.94. The van der Waals surface area contributed by atoms with Gasteiger partial charge in [0.15, 0.2) is 5.96 Å². The molecule has 0 aromatic carbocycles. The first-order valence-electron chi connectivity index (χ1n) is 6.93. The van der Waals surface area contributed by atoms with Gasteiger partial charge in [-0.15, -0.1) is 0 Å². The van der Waals surface area contributed by atoms with Crippen molar-refractivity contribution in [1.29, 1.82) is 0 Å². The molecule has 0 aromatic heterocycles. The molecule has 0 radical (unpaired) electrons. The summed E-state index contributed by atoms with van der Waals surface area (Å²) in [5.41, 5.74) is 5.67. The Morgan fingerprint density at radius 3 is 2.83 bits per heavy atom. The van der Waals surface area contributed by atoms with Crippen molar-refractivity contribution in [3.05, 3.63) is 0 Å². The van der Waals surface area contributed by atoms with Crippen molar-refractivity contribution >= 4 is 5.96 Å². The molecule has 2 rings (SSSR count). The number of nitrogens with zero attached hydrogens (tertiary/aromatic N) is 1. The van der Waals surface area contributed by atoms with Gasteiger partial charge in [0.1, 0.15) is 5.60 Å². The van der Waals surface area contributed by atoms with E-state index >= 15 is 0 Å². The van der Waals surface area contributed by atoms with Gasteiger partial charge in [0.05, 0.1) is 13.2 Å². The standard InChI is InChI=1S/C13H25N3O2/c1-17-13(7-8-18-10-13)9-15-12(14)16-11-5-3-2-4-6-11/h11H,2-10H2,1H3,(H3,14,15,16). The maximum Gasteiger partial charge on any atom is 0.188 e. The number of hydrogen-bond donors (Lipinski definition) is 2. The summed E-state index contributed by atoms with van der Waals surface area (Å²) in [6, 6.07) is 0.501. The second-order valence-electron chi connectivity index (χ2n) is 5.37. The molecule has 1 atom stereocenters. The van der Waals surface area contributed by atoms with Crippen molar-refractivity contribution in [2.24, 2.45) is 10.7 Å². The quantitative estimate of drug-likeness (QED) is 0.581. The average Bonchev–Trinajstić information content (AvgIpc) is 2.87. The topological polar surface area (TPSA) is 68.9 Å². The lowest BCUT2D eigenvalue weighted by atomic mass is 9.96. The molecule has 5 heteroatoms. The van der Waals surface area contributed by atoms with Gasteiger partial charge in [-0.3, -0.25) is 4.99 Å². The third-order valence-corrected chi connectivity index (χ3v) is 3.99. The molecule has 1 aliphatic heterocycles. The summed E-state index contributed by atoms with van der Waals surface area (Å²) in [5.74, 6) is 0.547. The van der Waals surface area contributed by atoms with Crippen LogP contribution in [-0.4, -0.2) is 44.5 Å². The first-order chi connectivity index (χ1) is 8.74. The van der Waals surface area contributed by atoms with Crippen LogP contribution in [0.15, 0.2) is 4.99 Å². The fourth-order valence-corrected chi connectivity index (χ4v) is 2.67. The molecule has 1 saturated heterocycles. The highest BCUT2D eigenvalue weighted by Gasteiger charge is 2.34. The fourth-order valence-electron chi connectivity index (χ4n) is 2.67. The molecule has 2 aliphatic rings. The molecule has 18 heavy (non-hydrogen) atoms. The summed E-state index contributed by atoms with van der Waals surface area (Å²) in [5, 5.41) is 3.32. The third-order valence-electron chi connectivity index (χ3n) is 3.99. The highest BCUT2D eigenvalue weighted by molar-refractivity contribution is 5.78. The Labute approximate surface area is 109 Å². The Morgan fingerprint density at radius 2 is 2.22 bits per heavy atom. The van der Waals surface area contributed by atoms with E-state index in [0.717, 1.165) is 13.0 Å². The molecule has 0 spiro atoms. The van der Waals surface area contributed by atoms with Gasteiger partial charge in [-0.25, -0.2) is 0 Å². The van der Waals surface area contributed by atoms with E-state index in [1.165, 1.54) is 32.1 Å². The predicted octanol–water partition coefficient (Wildman–Crippen LogP) is 1.03. The summed E-state index contributed by atoms with van der Waals surface area (Å²) >= 11 is 0. The molecule has 1 aliphatic carbocycles. The third kappa shape index (κ3) is 3.59. The smallest absolute Gasteiger partial charge is 0.188 e. The molecule has 1 unspecified atom stereocenters. The van der Waals surface area contributed by atoms with Crippen LogP contribution in [0.2, 0.25) is 0 Å². The molecule has 0 aromatic rings. The molecular weight excluding hydrogens is 230 g/mol. The number of rotatable bonds is 4. The highest BCUT2D eigenvalue weighted by atomic mass is 16.5. The van der Waals surface area contributed by atoms with E-state index in [9.17, 15) is 0 Å². The van der Waals surface area contributed by atoms with E-state index in [0.29, 0.717) is 25.2 Å². The van der Waals surface area contributed by atoms with Crippen LogP contribution in [0, 0.1) is 0 Å². The number of hydrogen-bond acceptors (Lipinski definition) is 3. The van der Waals surface area contributed by atoms with Gasteiger partial charge in [0.25, 0.3) is 0 Å². The van der Waals surface area contributed by atoms with E-state index in [-0.39, 0.29) is 5.60 Å². The SMILES string of the molecule is COC1(CN=C(N)NC2CCCCC2)CCOC1. The summed E-state index contributed by atoms with van der Waals surface area (Å²) in [7, 11) is 1.72. The minimum atomic E-state index is -0.265. The molecule has 1 saturated carbocycles. The lowest BCUT2D eigenvalue weighted by Gasteiger charge is -2.25. The normalized spacial score (nSPS) is 30.6. The monoisotopic (exact) mass is 255 g/mol. The number of ether oxygens (including phenoxy) is 2. The molecular formula is C13H25N3O2. The van der Waals surface area contributed by atoms with Crippen molar-refractivity contribution in [2.75, 3.05) is 26.9 Å². The lowest BCUT2D eigenvalue weighted by Crippen LogP contribution is -2.43. The molecule has 104 valence electrons. The number of aliphatic imine (C=N–C) groups is 1. The van der Waals surface area contributed by atoms with Crippen LogP contribution in [0.3, 0.4) is 0 Å². The highest BCUT2D eigenvalue weighted by Crippen LogP contribution is 2.22. The van der Waals surface area contributed by atoms with Crippen molar-refractivity contribution in [1.82, 2.24) is 5.32 Å². The Kier molecular flexibility index (Phi) is 4.83. The number of nitrogens with one attached hydrogen (secondary N) is 1. The van der Waals surface area contributed by atoms with E-state index < -0.39 is 0 Å². The minimum absolute atomic E-state index is 0.265. The van der Waals surface area contributed by atoms with Crippen LogP contribution in [0.5, 0.6) is 0 Å². The average molecular weight is 255 g/mol. The zero-order chi connectivity index (χ0) is 12.8. The molecule has 0 bridgehead atoms. The fraction of sp³-hybridized carbons (Fsp3) is 0.923. The summed E-state index contributed by atoms with van der Waals surface area (Å²) < 4.78 is 10.9. The van der Waals surface area contributed by atoms with Gasteiger partial charge in [0, 0.05) is 26.2 Å². The Balaban J connectivity index is 1.80. The molecule has 0 amide bonds. The van der Waals surface area contributed by atoms with Crippen LogP contribution < -0.4 is 11.1 Å². The first kappa shape index (κ1) is 13.6. The van der Waals surface area contributed by atoms with E-state index in [1.807, 2.05) is 0 Å². The molecule has 5 nitrogen and oxygen atoms in total. The summed E-state index contributed by atoms with van der Waals surface area (Å²) in [6.07, 6.45) is 7.23. The van der Waals surface area contributed by atoms with Gasteiger partial charge in [-0.05, 0) is 12.8 Å². The van der Waals surface area contributed by atoms with Crippen LogP contribution in [0.4, 0.5) is 0 Å². The molecule has 3 N–H and O–H groups in total. The molecule has 1 heterocycles. The van der Waals surface area contributed by atoms with Gasteiger partial charge in [-0.1, -0.05) is 19.3 Å². The Hall–Kier alpha value is -0.810. The first-order valence-corrected chi connectivity index (χ1v) is 6.93. The van der Waals surface area contributed by atoms with Gasteiger partial charge < -0.3 is 20.5 Å². The van der Waals surface area contributed by atoms with Crippen molar-refractivity contribution < 1.29 is 9.47 Å². The summed E-state index contributed by atoms with van der Waals surface area (Å²) in [4.78, 5) is 4.42. The number of guanidine groups is 1. The van der Waals surface area contributed by atoms with E-state index in [4.69, 9.17) is 15.2 Å². The number of methoxy groups -OCH3 is 1. The zero-order valence-corrected chi connectivity index (χ0v) is 11.3. The second kappa shape index (κ2) is 6.38. The minimum Gasteiger partial charge on any atom is -0.378 e. The Bertz CT molecular complexity index is 282. The van der Waals surface area contributed by atoms with Crippen LogP contribution >= 0.6 is 0 Å². The largest absolute Gasteiger partial charge is 0.378 e. The van der Waals surface area contributed by atoms with Crippen molar-refractivity contribution in [3.8, 4) is 0 Å². The van der Waals surface area contributed by atoms with Crippen LogP contribution in [-0.2, 0) is 9.47 Å². The van der Waals surface area contributed by atoms with Crippen LogP contribution in [0.25, 0.3) is 0 Å². The van der Waals surface area contributed by atoms with E-state index in [1.54, 1.807) is 7.11 Å². The predicted molar refractivity (Wildman–Crippen MR) is 71.7 cm³/mol. The van der Waals surface area contributed by atoms with Crippen molar-refractivity contribution in [2.45, 2.75) is 50.2 Å². The Morgan fingerprint density at radius 1 is 1.44 bits per heavy atom. The summed E-state index contributed by atoms with van der Waals surface area (Å²) in [6.45, 7) is 1.94. The van der Waals surface area contributed by atoms with E-state index in [2.05, 4.69) is 10.3 Å². The van der Waals surface area contributed by atoms with Crippen molar-refractivity contribution in [3.63, 3.8) is 0 Å². The molecule has 2 fully saturated rings. The zero-order valence-electron chi connectivity index (χ0n) is 11.3.